The molecule has 0 radical (unpaired) electrons. The third kappa shape index (κ3) is 4.43. The Balaban J connectivity index is 3.62. The summed E-state index contributed by atoms with van der Waals surface area (Å²) in [6.07, 6.45) is 0. The Kier molecular flexibility index (Phi) is 6.09. The van der Waals surface area contributed by atoms with E-state index in [4.69, 9.17) is 11.6 Å². The van der Waals surface area contributed by atoms with Crippen LogP contribution in [0.1, 0.15) is 12.5 Å². The Morgan fingerprint density at radius 1 is 1.43 bits per heavy atom. The van der Waals surface area contributed by atoms with Crippen LogP contribution in [0.15, 0.2) is 28.9 Å². The molecule has 1 aromatic rings. The highest BCUT2D eigenvalue weighted by Crippen LogP contribution is 2.29. The van der Waals surface area contributed by atoms with Gasteiger partial charge in [0, 0.05) is 31.8 Å². The first-order valence-electron chi connectivity index (χ1n) is 6.37. The molecule has 0 aromatic heterocycles. The number of rotatable bonds is 5. The summed E-state index contributed by atoms with van der Waals surface area (Å²) in [7, 11) is 4.42. The summed E-state index contributed by atoms with van der Waals surface area (Å²) < 4.78 is 4.64. The van der Waals surface area contributed by atoms with Gasteiger partial charge in [-0.1, -0.05) is 11.6 Å². The van der Waals surface area contributed by atoms with Gasteiger partial charge >= 0.3 is 5.97 Å². The molecule has 1 aromatic carbocycles. The Morgan fingerprint density at radius 2 is 2.04 bits per heavy atom. The standard InChI is InChI=1S/C14H16ClN3O5/c1-8(16-17(2)3)12(14(20)23-4)13(19)10-7-9(18(21)22)5-6-11(10)15/h5-7,19H,1-4H3. The molecule has 0 unspecified atom stereocenters. The van der Waals surface area contributed by atoms with E-state index in [0.29, 0.717) is 0 Å². The van der Waals surface area contributed by atoms with Gasteiger partial charge in [-0.05, 0) is 13.0 Å². The summed E-state index contributed by atoms with van der Waals surface area (Å²) >= 11 is 5.98. The van der Waals surface area contributed by atoms with E-state index >= 15 is 0 Å². The second kappa shape index (κ2) is 7.59. The minimum atomic E-state index is -0.840. The zero-order chi connectivity index (χ0) is 17.7. The molecule has 1 N–H and O–H groups in total. The SMILES string of the molecule is COC(=O)C(C(C)=NN(C)C)=C(O)c1cc([N+](=O)[O-])ccc1Cl. The number of carbonyl (C=O) groups is 1. The number of hydrazone groups is 1. The number of halogens is 1. The normalized spacial score (nSPS) is 12.5. The van der Waals surface area contributed by atoms with Gasteiger partial charge in [-0.2, -0.15) is 5.10 Å². The number of nitro groups is 1. The summed E-state index contributed by atoms with van der Waals surface area (Å²) in [6.45, 7) is 1.49. The summed E-state index contributed by atoms with van der Waals surface area (Å²) in [5.41, 5.74) is -0.400. The van der Waals surface area contributed by atoms with Gasteiger partial charge in [0.25, 0.3) is 5.69 Å². The fraction of sp³-hybridized carbons (Fsp3) is 0.286. The van der Waals surface area contributed by atoms with Crippen molar-refractivity contribution >= 4 is 34.7 Å². The maximum Gasteiger partial charge on any atom is 0.343 e. The fourth-order valence-corrected chi connectivity index (χ4v) is 2.02. The largest absolute Gasteiger partial charge is 0.506 e. The number of benzene rings is 1. The van der Waals surface area contributed by atoms with E-state index in [1.54, 1.807) is 14.1 Å². The average Bonchev–Trinajstić information content (AvgIpc) is 2.46. The molecule has 0 spiro atoms. The molecule has 8 nitrogen and oxygen atoms in total. The van der Waals surface area contributed by atoms with Crippen LogP contribution in [0, 0.1) is 10.1 Å². The number of hydrogen-bond acceptors (Lipinski definition) is 7. The van der Waals surface area contributed by atoms with Crippen molar-refractivity contribution in [2.75, 3.05) is 21.2 Å². The molecule has 9 heteroatoms. The first kappa shape index (κ1) is 18.4. The van der Waals surface area contributed by atoms with Crippen LogP contribution in [-0.2, 0) is 9.53 Å². The molecule has 0 aliphatic heterocycles. The predicted octanol–water partition coefficient (Wildman–Crippen LogP) is 2.63. The fourth-order valence-electron chi connectivity index (χ4n) is 1.81. The molecule has 0 amide bonds. The minimum Gasteiger partial charge on any atom is -0.506 e. The van der Waals surface area contributed by atoms with Crippen LogP contribution in [0.4, 0.5) is 5.69 Å². The van der Waals surface area contributed by atoms with E-state index in [2.05, 4.69) is 9.84 Å². The number of methoxy groups -OCH3 is 1. The lowest BCUT2D eigenvalue weighted by Crippen LogP contribution is -2.17. The number of ether oxygens (including phenoxy) is 1. The number of nitro benzene ring substituents is 1. The van der Waals surface area contributed by atoms with E-state index in [-0.39, 0.29) is 27.6 Å². The first-order chi connectivity index (χ1) is 10.7. The molecule has 0 saturated carbocycles. The lowest BCUT2D eigenvalue weighted by atomic mass is 10.0. The lowest BCUT2D eigenvalue weighted by molar-refractivity contribution is -0.384. The highest BCUT2D eigenvalue weighted by molar-refractivity contribution is 6.33. The van der Waals surface area contributed by atoms with Crippen molar-refractivity contribution in [1.82, 2.24) is 5.01 Å². The molecule has 1 rings (SSSR count). The summed E-state index contributed by atoms with van der Waals surface area (Å²) in [6, 6.07) is 3.53. The molecule has 23 heavy (non-hydrogen) atoms. The van der Waals surface area contributed by atoms with Crippen molar-refractivity contribution in [2.45, 2.75) is 6.92 Å². The van der Waals surface area contributed by atoms with Crippen LogP contribution < -0.4 is 0 Å². The average molecular weight is 342 g/mol. The molecule has 0 aliphatic rings. The number of nitrogens with zero attached hydrogens (tertiary/aromatic N) is 3. The van der Waals surface area contributed by atoms with Gasteiger partial charge in [0.1, 0.15) is 11.3 Å². The molecule has 0 bridgehead atoms. The number of esters is 1. The Hall–Kier alpha value is -2.61. The molecular formula is C14H16ClN3O5. The van der Waals surface area contributed by atoms with Gasteiger partial charge in [0.15, 0.2) is 0 Å². The van der Waals surface area contributed by atoms with Crippen molar-refractivity contribution in [1.29, 1.82) is 0 Å². The van der Waals surface area contributed by atoms with Crippen molar-refractivity contribution in [2.24, 2.45) is 5.10 Å². The molecule has 0 saturated heterocycles. The third-order valence-corrected chi connectivity index (χ3v) is 3.08. The van der Waals surface area contributed by atoms with E-state index < -0.39 is 16.7 Å². The molecule has 124 valence electrons. The Labute approximate surface area is 137 Å². The second-order valence-corrected chi connectivity index (χ2v) is 5.08. The highest BCUT2D eigenvalue weighted by Gasteiger charge is 2.23. The lowest BCUT2D eigenvalue weighted by Gasteiger charge is -2.12. The summed E-state index contributed by atoms with van der Waals surface area (Å²) in [5, 5.41) is 26.8. The topological polar surface area (TPSA) is 105 Å². The van der Waals surface area contributed by atoms with Gasteiger partial charge < -0.3 is 14.9 Å². The maximum atomic E-state index is 12.0. The van der Waals surface area contributed by atoms with Crippen LogP contribution in [0.2, 0.25) is 5.02 Å². The molecular weight excluding hydrogens is 326 g/mol. The van der Waals surface area contributed by atoms with Gasteiger partial charge in [-0.3, -0.25) is 10.1 Å². The van der Waals surface area contributed by atoms with Gasteiger partial charge in [-0.25, -0.2) is 4.79 Å². The predicted molar refractivity (Wildman–Crippen MR) is 86.5 cm³/mol. The highest BCUT2D eigenvalue weighted by atomic mass is 35.5. The third-order valence-electron chi connectivity index (χ3n) is 2.75. The van der Waals surface area contributed by atoms with Crippen LogP contribution >= 0.6 is 11.6 Å². The number of non-ortho nitro benzene ring substituents is 1. The number of aliphatic hydroxyl groups excluding tert-OH is 1. The summed E-state index contributed by atoms with van der Waals surface area (Å²) in [4.78, 5) is 22.2. The van der Waals surface area contributed by atoms with E-state index in [1.165, 1.54) is 24.1 Å². The second-order valence-electron chi connectivity index (χ2n) is 4.67. The Morgan fingerprint density at radius 3 is 2.52 bits per heavy atom. The van der Waals surface area contributed by atoms with Crippen molar-refractivity contribution in [3.8, 4) is 0 Å². The zero-order valence-electron chi connectivity index (χ0n) is 13.0. The monoisotopic (exact) mass is 341 g/mol. The van der Waals surface area contributed by atoms with Crippen LogP contribution in [0.5, 0.6) is 0 Å². The summed E-state index contributed by atoms with van der Waals surface area (Å²) in [5.74, 6) is -1.39. The number of aliphatic hydroxyl groups is 1. The van der Waals surface area contributed by atoms with Crippen LogP contribution in [-0.4, -0.2) is 47.9 Å². The van der Waals surface area contributed by atoms with Crippen molar-refractivity contribution in [3.05, 3.63) is 44.5 Å². The number of hydrogen-bond donors (Lipinski definition) is 1. The Bertz CT molecular complexity index is 698. The molecule has 0 fully saturated rings. The quantitative estimate of drug-likeness (QED) is 0.220. The van der Waals surface area contributed by atoms with E-state index in [0.717, 1.165) is 13.2 Å². The first-order valence-corrected chi connectivity index (χ1v) is 6.75. The van der Waals surface area contributed by atoms with Crippen molar-refractivity contribution in [3.63, 3.8) is 0 Å². The van der Waals surface area contributed by atoms with Gasteiger partial charge in [-0.15, -0.1) is 0 Å². The van der Waals surface area contributed by atoms with Gasteiger partial charge in [0.2, 0.25) is 0 Å². The molecule has 0 aliphatic carbocycles. The van der Waals surface area contributed by atoms with Crippen LogP contribution in [0.3, 0.4) is 0 Å². The maximum absolute atomic E-state index is 12.0. The van der Waals surface area contributed by atoms with E-state index in [1.807, 2.05) is 0 Å². The van der Waals surface area contributed by atoms with Crippen LogP contribution in [0.25, 0.3) is 5.76 Å². The molecule has 0 atom stereocenters. The smallest absolute Gasteiger partial charge is 0.343 e. The minimum absolute atomic E-state index is 0.0483. The van der Waals surface area contributed by atoms with Gasteiger partial charge in [0.05, 0.1) is 22.8 Å². The zero-order valence-corrected chi connectivity index (χ0v) is 13.8. The molecule has 0 heterocycles. The number of carbonyl (C=O) groups excluding carboxylic acids is 1. The van der Waals surface area contributed by atoms with E-state index in [9.17, 15) is 20.0 Å². The van der Waals surface area contributed by atoms with Crippen molar-refractivity contribution < 1.29 is 19.6 Å².